The molecule has 3 aliphatic rings. The lowest BCUT2D eigenvalue weighted by Crippen LogP contribution is -2.46. The van der Waals surface area contributed by atoms with Crippen LogP contribution in [0.5, 0.6) is 0 Å². The van der Waals surface area contributed by atoms with Crippen LogP contribution in [0.15, 0.2) is 41.1 Å². The Morgan fingerprint density at radius 1 is 1.15 bits per heavy atom. The van der Waals surface area contributed by atoms with E-state index in [0.717, 1.165) is 38.6 Å². The highest BCUT2D eigenvalue weighted by Gasteiger charge is 2.48. The van der Waals surface area contributed by atoms with Crippen LogP contribution in [0.4, 0.5) is 5.69 Å². The fourth-order valence-electron chi connectivity index (χ4n) is 5.43. The number of likely N-dealkylation sites (tertiary alicyclic amines) is 1. The minimum absolute atomic E-state index is 0.000791. The zero-order chi connectivity index (χ0) is 18.4. The zero-order valence-corrected chi connectivity index (χ0v) is 16.3. The van der Waals surface area contributed by atoms with Gasteiger partial charge in [0.15, 0.2) is 0 Å². The van der Waals surface area contributed by atoms with Gasteiger partial charge in [-0.05, 0) is 53.3 Å². The molecule has 0 spiro atoms. The van der Waals surface area contributed by atoms with Crippen molar-refractivity contribution >= 4 is 22.9 Å². The minimum Gasteiger partial charge on any atom is -0.378 e. The fraction of sp³-hybridized carbons (Fsp3) is 0.500. The number of nitrogens with one attached hydrogen (secondary N) is 1. The van der Waals surface area contributed by atoms with Gasteiger partial charge in [0, 0.05) is 24.2 Å². The summed E-state index contributed by atoms with van der Waals surface area (Å²) in [5.74, 6) is 0.702. The number of hydrogen-bond donors (Lipinski definition) is 2. The molecule has 0 bridgehead atoms. The number of rotatable bonds is 2. The van der Waals surface area contributed by atoms with Gasteiger partial charge in [-0.2, -0.15) is 11.3 Å². The fourth-order valence-corrected chi connectivity index (χ4v) is 6.13. The van der Waals surface area contributed by atoms with Gasteiger partial charge >= 0.3 is 0 Å². The Balaban J connectivity index is 1.51. The first-order valence-corrected chi connectivity index (χ1v) is 11.1. The molecular weight excluding hydrogens is 354 g/mol. The summed E-state index contributed by atoms with van der Waals surface area (Å²) >= 11 is 1.74. The largest absolute Gasteiger partial charge is 0.378 e. The second-order valence-electron chi connectivity index (χ2n) is 8.25. The maximum absolute atomic E-state index is 13.5. The number of nitrogens with two attached hydrogens (primary N) is 1. The Labute approximate surface area is 164 Å². The van der Waals surface area contributed by atoms with Crippen LogP contribution >= 0.6 is 11.3 Å². The smallest absolute Gasteiger partial charge is 0.227 e. The third kappa shape index (κ3) is 2.88. The number of carbonyl (C=O) groups excluding carboxylic acids is 1. The average Bonchev–Trinajstić information content (AvgIpc) is 3.37. The number of para-hydroxylation sites is 1. The summed E-state index contributed by atoms with van der Waals surface area (Å²) < 4.78 is 0. The van der Waals surface area contributed by atoms with E-state index in [0.29, 0.717) is 5.92 Å². The molecule has 5 atom stereocenters. The van der Waals surface area contributed by atoms with Crippen LogP contribution in [0, 0.1) is 11.8 Å². The van der Waals surface area contributed by atoms with Crippen LogP contribution in [0.3, 0.4) is 0 Å². The monoisotopic (exact) mass is 381 g/mol. The van der Waals surface area contributed by atoms with Crippen molar-refractivity contribution in [1.29, 1.82) is 0 Å². The molecule has 2 fully saturated rings. The average molecular weight is 382 g/mol. The van der Waals surface area contributed by atoms with Crippen LogP contribution in [-0.2, 0) is 4.79 Å². The summed E-state index contributed by atoms with van der Waals surface area (Å²) in [7, 11) is 0. The molecule has 1 amide bonds. The van der Waals surface area contributed by atoms with E-state index in [4.69, 9.17) is 5.73 Å². The van der Waals surface area contributed by atoms with Crippen LogP contribution in [-0.4, -0.2) is 23.4 Å². The van der Waals surface area contributed by atoms with Crippen molar-refractivity contribution in [1.82, 2.24) is 4.90 Å². The quantitative estimate of drug-likeness (QED) is 0.814. The molecule has 1 aliphatic carbocycles. The van der Waals surface area contributed by atoms with Crippen molar-refractivity contribution in [2.45, 2.75) is 50.2 Å². The van der Waals surface area contributed by atoms with E-state index in [1.54, 1.807) is 11.3 Å². The number of benzene rings is 1. The molecule has 1 saturated heterocycles. The number of anilines is 1. The van der Waals surface area contributed by atoms with E-state index >= 15 is 0 Å². The SMILES string of the molecule is N[C@@H]1CCCC[C@@H]1C(=O)N1CC[C@@H]2[C@H](c3ccsc3)Nc3ccccc3[C@@H]21. The van der Waals surface area contributed by atoms with Gasteiger partial charge in [-0.15, -0.1) is 0 Å². The molecule has 5 heteroatoms. The van der Waals surface area contributed by atoms with Crippen molar-refractivity contribution in [2.75, 3.05) is 11.9 Å². The summed E-state index contributed by atoms with van der Waals surface area (Å²) in [6.07, 6.45) is 5.25. The molecule has 142 valence electrons. The summed E-state index contributed by atoms with van der Waals surface area (Å²) in [6, 6.07) is 11.2. The van der Waals surface area contributed by atoms with Gasteiger partial charge in [-0.3, -0.25) is 4.79 Å². The third-order valence-electron chi connectivity index (χ3n) is 6.79. The van der Waals surface area contributed by atoms with Gasteiger partial charge in [0.1, 0.15) is 0 Å². The lowest BCUT2D eigenvalue weighted by Gasteiger charge is -2.41. The molecular formula is C22H27N3OS. The highest BCUT2D eigenvalue weighted by atomic mass is 32.1. The van der Waals surface area contributed by atoms with Gasteiger partial charge < -0.3 is 16.0 Å². The number of hydrogen-bond acceptors (Lipinski definition) is 4. The van der Waals surface area contributed by atoms with Crippen molar-refractivity contribution in [2.24, 2.45) is 17.6 Å². The van der Waals surface area contributed by atoms with E-state index in [-0.39, 0.29) is 30.0 Å². The normalized spacial score (nSPS) is 32.5. The first-order valence-electron chi connectivity index (χ1n) is 10.2. The van der Waals surface area contributed by atoms with Crippen molar-refractivity contribution in [3.63, 3.8) is 0 Å². The Hall–Kier alpha value is -1.85. The number of nitrogens with zero attached hydrogens (tertiary/aromatic N) is 1. The molecule has 5 rings (SSSR count). The van der Waals surface area contributed by atoms with E-state index < -0.39 is 0 Å². The van der Waals surface area contributed by atoms with Crippen LogP contribution in [0.1, 0.15) is 55.3 Å². The van der Waals surface area contributed by atoms with E-state index in [1.807, 2.05) is 0 Å². The summed E-state index contributed by atoms with van der Waals surface area (Å²) in [6.45, 7) is 0.841. The predicted molar refractivity (Wildman–Crippen MR) is 110 cm³/mol. The summed E-state index contributed by atoms with van der Waals surface area (Å²) in [5.41, 5.74) is 10.1. The van der Waals surface area contributed by atoms with Crippen molar-refractivity contribution < 1.29 is 4.79 Å². The molecule has 1 saturated carbocycles. The molecule has 0 radical (unpaired) electrons. The molecule has 3 heterocycles. The molecule has 3 N–H and O–H groups in total. The van der Waals surface area contributed by atoms with Gasteiger partial charge in [0.2, 0.25) is 5.91 Å². The lowest BCUT2D eigenvalue weighted by atomic mass is 9.80. The van der Waals surface area contributed by atoms with Crippen LogP contribution < -0.4 is 11.1 Å². The van der Waals surface area contributed by atoms with Crippen molar-refractivity contribution in [3.05, 3.63) is 52.2 Å². The molecule has 1 aromatic carbocycles. The van der Waals surface area contributed by atoms with E-state index in [9.17, 15) is 4.79 Å². The first kappa shape index (κ1) is 17.3. The number of thiophene rings is 1. The predicted octanol–water partition coefficient (Wildman–Crippen LogP) is 4.32. The molecule has 27 heavy (non-hydrogen) atoms. The second-order valence-corrected chi connectivity index (χ2v) is 9.03. The first-order chi connectivity index (χ1) is 13.2. The standard InChI is InChI=1S/C22H27N3OS/c23-18-7-3-1-5-15(18)22(26)25-11-9-17-20(14-10-12-27-13-14)24-19-8-4-2-6-16(19)21(17)25/h2,4,6,8,10,12-13,15,17-18,20-21,24H,1,3,5,7,9,11,23H2/t15-,17+,18+,20-,21-/m0/s1. The van der Waals surface area contributed by atoms with Gasteiger partial charge in [-0.1, -0.05) is 31.0 Å². The Bertz CT molecular complexity index is 821. The molecule has 4 nitrogen and oxygen atoms in total. The van der Waals surface area contributed by atoms with Gasteiger partial charge in [0.25, 0.3) is 0 Å². The highest BCUT2D eigenvalue weighted by molar-refractivity contribution is 7.08. The molecule has 2 aromatic rings. The highest BCUT2D eigenvalue weighted by Crippen LogP contribution is 2.52. The molecule has 1 aromatic heterocycles. The number of amides is 1. The van der Waals surface area contributed by atoms with Gasteiger partial charge in [-0.25, -0.2) is 0 Å². The summed E-state index contributed by atoms with van der Waals surface area (Å²) in [4.78, 5) is 15.7. The van der Waals surface area contributed by atoms with Crippen LogP contribution in [0.25, 0.3) is 0 Å². The Kier molecular flexibility index (Phi) is 4.44. The van der Waals surface area contributed by atoms with E-state index in [2.05, 4.69) is 51.3 Å². The number of fused-ring (bicyclic) bond motifs is 3. The van der Waals surface area contributed by atoms with Crippen molar-refractivity contribution in [3.8, 4) is 0 Å². The number of carbonyl (C=O) groups is 1. The lowest BCUT2D eigenvalue weighted by molar-refractivity contribution is -0.138. The van der Waals surface area contributed by atoms with E-state index in [1.165, 1.54) is 16.8 Å². The third-order valence-corrected chi connectivity index (χ3v) is 7.49. The summed E-state index contributed by atoms with van der Waals surface area (Å²) in [5, 5.41) is 8.15. The maximum Gasteiger partial charge on any atom is 0.227 e. The maximum atomic E-state index is 13.5. The molecule has 2 aliphatic heterocycles. The van der Waals surface area contributed by atoms with Gasteiger partial charge in [0.05, 0.1) is 18.0 Å². The zero-order valence-electron chi connectivity index (χ0n) is 15.5. The Morgan fingerprint density at radius 2 is 2.00 bits per heavy atom. The molecule has 0 unspecified atom stereocenters. The topological polar surface area (TPSA) is 58.4 Å². The Morgan fingerprint density at radius 3 is 2.81 bits per heavy atom. The minimum atomic E-state index is -0.000791. The second kappa shape index (κ2) is 6.95. The van der Waals surface area contributed by atoms with Crippen LogP contribution in [0.2, 0.25) is 0 Å².